The SMILES string of the molecule is COc1ccc2c(c1)[C@@H](C(=O)N1CCN(S(N)(=O)=O)CC1)CC(=O)N2. The van der Waals surface area contributed by atoms with E-state index in [1.807, 2.05) is 0 Å². The standard InChI is InChI=1S/C15H20N4O5S/c1-24-10-2-3-13-11(8-10)12(9-14(20)17-13)15(21)18-4-6-19(7-5-18)25(16,22)23/h2-3,8,12H,4-7,9H2,1H3,(H,17,20)(H2,16,22,23)/t12-/m0/s1. The first-order valence-corrected chi connectivity index (χ1v) is 9.34. The van der Waals surface area contributed by atoms with Gasteiger partial charge in [-0.15, -0.1) is 0 Å². The maximum atomic E-state index is 12.9. The Morgan fingerprint density at radius 1 is 1.28 bits per heavy atom. The zero-order valence-electron chi connectivity index (χ0n) is 13.8. The van der Waals surface area contributed by atoms with Crippen LogP contribution >= 0.6 is 0 Å². The molecule has 0 aliphatic carbocycles. The average Bonchev–Trinajstić information content (AvgIpc) is 2.59. The van der Waals surface area contributed by atoms with Crippen molar-refractivity contribution in [3.05, 3.63) is 23.8 Å². The maximum Gasteiger partial charge on any atom is 0.277 e. The van der Waals surface area contributed by atoms with Crippen molar-refractivity contribution in [2.75, 3.05) is 38.6 Å². The zero-order valence-corrected chi connectivity index (χ0v) is 14.6. The molecule has 136 valence electrons. The van der Waals surface area contributed by atoms with Crippen molar-refractivity contribution in [3.63, 3.8) is 0 Å². The summed E-state index contributed by atoms with van der Waals surface area (Å²) in [5.74, 6) is -0.427. The van der Waals surface area contributed by atoms with Gasteiger partial charge in [0, 0.05) is 38.3 Å². The van der Waals surface area contributed by atoms with Gasteiger partial charge in [0.15, 0.2) is 0 Å². The summed E-state index contributed by atoms with van der Waals surface area (Å²) in [4.78, 5) is 26.4. The van der Waals surface area contributed by atoms with Gasteiger partial charge in [-0.1, -0.05) is 0 Å². The predicted octanol–water partition coefficient (Wildman–Crippen LogP) is -0.531. The largest absolute Gasteiger partial charge is 0.497 e. The molecule has 3 N–H and O–H groups in total. The number of nitrogens with zero attached hydrogens (tertiary/aromatic N) is 2. The highest BCUT2D eigenvalue weighted by Crippen LogP contribution is 2.36. The van der Waals surface area contributed by atoms with Crippen LogP contribution in [-0.4, -0.2) is 62.7 Å². The van der Waals surface area contributed by atoms with E-state index in [0.29, 0.717) is 17.0 Å². The number of nitrogens with one attached hydrogen (secondary N) is 1. The highest BCUT2D eigenvalue weighted by molar-refractivity contribution is 7.86. The van der Waals surface area contributed by atoms with Crippen molar-refractivity contribution in [2.45, 2.75) is 12.3 Å². The molecule has 0 spiro atoms. The minimum absolute atomic E-state index is 0.0500. The number of carbonyl (C=O) groups excluding carboxylic acids is 2. The summed E-state index contributed by atoms with van der Waals surface area (Å²) in [6.07, 6.45) is 0.0500. The Morgan fingerprint density at radius 2 is 1.96 bits per heavy atom. The van der Waals surface area contributed by atoms with Crippen LogP contribution in [0.15, 0.2) is 18.2 Å². The lowest BCUT2D eigenvalue weighted by Gasteiger charge is -2.36. The normalized spacial score (nSPS) is 21.4. The highest BCUT2D eigenvalue weighted by Gasteiger charge is 2.36. The second kappa shape index (κ2) is 6.62. The highest BCUT2D eigenvalue weighted by atomic mass is 32.2. The first kappa shape index (κ1) is 17.6. The van der Waals surface area contributed by atoms with Gasteiger partial charge < -0.3 is 15.0 Å². The van der Waals surface area contributed by atoms with Crippen molar-refractivity contribution in [3.8, 4) is 5.75 Å². The average molecular weight is 368 g/mol. The van der Waals surface area contributed by atoms with Gasteiger partial charge in [-0.05, 0) is 23.8 Å². The van der Waals surface area contributed by atoms with Crippen molar-refractivity contribution in [1.82, 2.24) is 9.21 Å². The molecule has 0 radical (unpaired) electrons. The number of rotatable bonds is 3. The first-order chi connectivity index (χ1) is 11.8. The molecule has 0 saturated carbocycles. The number of carbonyl (C=O) groups is 2. The molecule has 0 bridgehead atoms. The molecule has 1 fully saturated rings. The smallest absolute Gasteiger partial charge is 0.277 e. The molecule has 9 nitrogen and oxygen atoms in total. The van der Waals surface area contributed by atoms with Crippen molar-refractivity contribution in [1.29, 1.82) is 0 Å². The van der Waals surface area contributed by atoms with Crippen LogP contribution < -0.4 is 15.2 Å². The number of anilines is 1. The first-order valence-electron chi connectivity index (χ1n) is 7.84. The van der Waals surface area contributed by atoms with Gasteiger partial charge >= 0.3 is 0 Å². The van der Waals surface area contributed by atoms with E-state index in [4.69, 9.17) is 9.88 Å². The molecule has 1 aromatic carbocycles. The van der Waals surface area contributed by atoms with Gasteiger partial charge in [-0.3, -0.25) is 9.59 Å². The number of hydrogen-bond acceptors (Lipinski definition) is 5. The van der Waals surface area contributed by atoms with Crippen LogP contribution in [0.1, 0.15) is 17.9 Å². The molecule has 1 saturated heterocycles. The summed E-state index contributed by atoms with van der Waals surface area (Å²) in [6.45, 7) is 0.780. The van der Waals surface area contributed by atoms with Gasteiger partial charge in [-0.2, -0.15) is 12.7 Å². The van der Waals surface area contributed by atoms with Crippen LogP contribution in [0.2, 0.25) is 0 Å². The second-order valence-electron chi connectivity index (χ2n) is 6.03. The van der Waals surface area contributed by atoms with E-state index < -0.39 is 16.1 Å². The molecule has 2 heterocycles. The Labute approximate surface area is 145 Å². The topological polar surface area (TPSA) is 122 Å². The maximum absolute atomic E-state index is 12.9. The summed E-state index contributed by atoms with van der Waals surface area (Å²) in [5.41, 5.74) is 1.30. The van der Waals surface area contributed by atoms with E-state index >= 15 is 0 Å². The molecule has 2 amide bonds. The molecule has 1 aromatic rings. The molecule has 3 rings (SSSR count). The Hall–Kier alpha value is -2.17. The third-order valence-electron chi connectivity index (χ3n) is 4.51. The summed E-state index contributed by atoms with van der Waals surface area (Å²) < 4.78 is 29.1. The number of amides is 2. The Morgan fingerprint density at radius 3 is 2.56 bits per heavy atom. The lowest BCUT2D eigenvalue weighted by atomic mass is 9.89. The molecule has 2 aliphatic rings. The predicted molar refractivity (Wildman–Crippen MR) is 90.2 cm³/mol. The molecule has 0 aromatic heterocycles. The minimum atomic E-state index is -3.75. The lowest BCUT2D eigenvalue weighted by molar-refractivity contribution is -0.136. The molecule has 10 heteroatoms. The molecule has 1 atom stereocenters. The van der Waals surface area contributed by atoms with Crippen LogP contribution in [-0.2, 0) is 19.8 Å². The second-order valence-corrected chi connectivity index (χ2v) is 7.57. The fourth-order valence-electron chi connectivity index (χ4n) is 3.17. The van der Waals surface area contributed by atoms with Crippen LogP contribution in [0, 0.1) is 0 Å². The number of methoxy groups -OCH3 is 1. The fourth-order valence-corrected chi connectivity index (χ4v) is 3.84. The third-order valence-corrected chi connectivity index (χ3v) is 5.59. The van der Waals surface area contributed by atoms with E-state index in [1.54, 1.807) is 23.1 Å². The van der Waals surface area contributed by atoms with Gasteiger partial charge in [0.25, 0.3) is 10.2 Å². The lowest BCUT2D eigenvalue weighted by Crippen LogP contribution is -2.53. The van der Waals surface area contributed by atoms with Crippen molar-refractivity contribution < 1.29 is 22.7 Å². The molecule has 25 heavy (non-hydrogen) atoms. The van der Waals surface area contributed by atoms with Gasteiger partial charge in [0.05, 0.1) is 13.0 Å². The number of fused-ring (bicyclic) bond motifs is 1. The van der Waals surface area contributed by atoms with E-state index in [-0.39, 0.29) is 44.4 Å². The van der Waals surface area contributed by atoms with Crippen molar-refractivity contribution >= 4 is 27.7 Å². The van der Waals surface area contributed by atoms with Gasteiger partial charge in [0.1, 0.15) is 5.75 Å². The van der Waals surface area contributed by atoms with Gasteiger partial charge in [-0.25, -0.2) is 5.14 Å². The Bertz CT molecular complexity index is 802. The van der Waals surface area contributed by atoms with E-state index in [2.05, 4.69) is 5.32 Å². The summed E-state index contributed by atoms with van der Waals surface area (Å²) in [5, 5.41) is 7.87. The van der Waals surface area contributed by atoms with Gasteiger partial charge in [0.2, 0.25) is 11.8 Å². The van der Waals surface area contributed by atoms with Crippen LogP contribution in [0.25, 0.3) is 0 Å². The Kier molecular flexibility index (Phi) is 4.67. The summed E-state index contributed by atoms with van der Waals surface area (Å²) in [7, 11) is -2.22. The Balaban J connectivity index is 1.80. The third kappa shape index (κ3) is 3.60. The quantitative estimate of drug-likeness (QED) is 0.743. The van der Waals surface area contributed by atoms with E-state index in [0.717, 1.165) is 4.31 Å². The van der Waals surface area contributed by atoms with E-state index in [1.165, 1.54) is 7.11 Å². The molecule has 2 aliphatic heterocycles. The molecule has 0 unspecified atom stereocenters. The molecular formula is C15H20N4O5S. The van der Waals surface area contributed by atoms with Crippen LogP contribution in [0.3, 0.4) is 0 Å². The van der Waals surface area contributed by atoms with Crippen LogP contribution in [0.4, 0.5) is 5.69 Å². The van der Waals surface area contributed by atoms with E-state index in [9.17, 15) is 18.0 Å². The zero-order chi connectivity index (χ0) is 18.2. The number of piperazine rings is 1. The summed E-state index contributed by atoms with van der Waals surface area (Å²) >= 11 is 0. The summed E-state index contributed by atoms with van der Waals surface area (Å²) in [6, 6.07) is 5.18. The monoisotopic (exact) mass is 368 g/mol. The number of benzene rings is 1. The van der Waals surface area contributed by atoms with Crippen LogP contribution in [0.5, 0.6) is 5.75 Å². The minimum Gasteiger partial charge on any atom is -0.497 e. The molecular weight excluding hydrogens is 348 g/mol. The fraction of sp³-hybridized carbons (Fsp3) is 0.467. The number of hydrogen-bond donors (Lipinski definition) is 2. The van der Waals surface area contributed by atoms with Crippen molar-refractivity contribution in [2.24, 2.45) is 5.14 Å². The number of nitrogens with two attached hydrogens (primary N) is 1. The number of ether oxygens (including phenoxy) is 1.